The maximum absolute atomic E-state index is 12.6. The molecule has 1 aliphatic rings. The van der Waals surface area contributed by atoms with Crippen LogP contribution in [-0.4, -0.2) is 34.8 Å². The Kier molecular flexibility index (Phi) is 6.16. The molecule has 5 rings (SSSR count). The number of nitrogens with one attached hydrogen (secondary N) is 1. The number of anilines is 2. The Labute approximate surface area is 210 Å². The summed E-state index contributed by atoms with van der Waals surface area (Å²) in [7, 11) is 3.99. The molecule has 2 heterocycles. The molecular weight excluding hydrogens is 452 g/mol. The molecule has 1 aliphatic heterocycles. The van der Waals surface area contributed by atoms with E-state index in [4.69, 9.17) is 20.6 Å². The van der Waals surface area contributed by atoms with Crippen LogP contribution in [0.1, 0.15) is 24.1 Å². The van der Waals surface area contributed by atoms with Gasteiger partial charge in [-0.1, -0.05) is 42.5 Å². The van der Waals surface area contributed by atoms with E-state index in [1.807, 2.05) is 105 Å². The highest BCUT2D eigenvalue weighted by Crippen LogP contribution is 2.37. The molecule has 0 bridgehead atoms. The van der Waals surface area contributed by atoms with Crippen LogP contribution < -0.4 is 20.7 Å². The summed E-state index contributed by atoms with van der Waals surface area (Å²) >= 11 is 0. The van der Waals surface area contributed by atoms with Crippen LogP contribution in [0.5, 0.6) is 5.75 Å². The van der Waals surface area contributed by atoms with E-state index in [1.54, 1.807) is 4.68 Å². The molecule has 182 valence electrons. The Morgan fingerprint density at radius 1 is 1.06 bits per heavy atom. The molecule has 0 aliphatic carbocycles. The second-order valence-corrected chi connectivity index (χ2v) is 8.92. The molecule has 1 unspecified atom stereocenters. The smallest absolute Gasteiger partial charge is 0.248 e. The number of primary amides is 1. The number of rotatable bonds is 7. The van der Waals surface area contributed by atoms with Gasteiger partial charge < -0.3 is 20.7 Å². The minimum Gasteiger partial charge on any atom is -0.489 e. The van der Waals surface area contributed by atoms with E-state index in [1.165, 1.54) is 0 Å². The minimum absolute atomic E-state index is 0.433. The predicted molar refractivity (Wildman–Crippen MR) is 141 cm³/mol. The number of nitrogens with zero attached hydrogens (tertiary/aromatic N) is 4. The summed E-state index contributed by atoms with van der Waals surface area (Å²) < 4.78 is 7.76. The SMILES string of the molecule is CC1=C(C(N)=O)C(c2cccc(OCc3ccccc3)c2)n2nc(-c3ccc(N(C)C)cc3)nc2N1. The summed E-state index contributed by atoms with van der Waals surface area (Å²) in [4.78, 5) is 19.3. The summed E-state index contributed by atoms with van der Waals surface area (Å²) in [5.41, 5.74) is 10.8. The minimum atomic E-state index is -0.540. The summed E-state index contributed by atoms with van der Waals surface area (Å²) in [5.74, 6) is 1.28. The average molecular weight is 481 g/mol. The van der Waals surface area contributed by atoms with Gasteiger partial charge >= 0.3 is 0 Å². The molecule has 1 aromatic heterocycles. The number of ether oxygens (including phenoxy) is 1. The van der Waals surface area contributed by atoms with Gasteiger partial charge in [-0.2, -0.15) is 4.98 Å². The second kappa shape index (κ2) is 9.58. The van der Waals surface area contributed by atoms with Crippen molar-refractivity contribution in [3.05, 3.63) is 101 Å². The number of hydrogen-bond acceptors (Lipinski definition) is 6. The molecule has 36 heavy (non-hydrogen) atoms. The largest absolute Gasteiger partial charge is 0.489 e. The van der Waals surface area contributed by atoms with Crippen molar-refractivity contribution in [3.8, 4) is 17.1 Å². The topological polar surface area (TPSA) is 98.3 Å². The average Bonchev–Trinajstić information content (AvgIpc) is 3.31. The lowest BCUT2D eigenvalue weighted by Crippen LogP contribution is -2.31. The highest BCUT2D eigenvalue weighted by molar-refractivity contribution is 5.95. The normalized spacial score (nSPS) is 14.7. The van der Waals surface area contributed by atoms with E-state index in [0.717, 1.165) is 22.4 Å². The highest BCUT2D eigenvalue weighted by Gasteiger charge is 2.33. The van der Waals surface area contributed by atoms with Crippen molar-refractivity contribution in [3.63, 3.8) is 0 Å². The molecule has 0 spiro atoms. The number of hydrogen-bond donors (Lipinski definition) is 2. The Bertz CT molecular complexity index is 1420. The van der Waals surface area contributed by atoms with Crippen LogP contribution >= 0.6 is 0 Å². The molecule has 8 heteroatoms. The van der Waals surface area contributed by atoms with Gasteiger partial charge in [0, 0.05) is 31.0 Å². The Hall–Kier alpha value is -4.59. The number of aromatic nitrogens is 3. The fraction of sp³-hybridized carbons (Fsp3) is 0.179. The number of fused-ring (bicyclic) bond motifs is 1. The molecule has 0 saturated carbocycles. The zero-order valence-corrected chi connectivity index (χ0v) is 20.5. The third kappa shape index (κ3) is 4.53. The lowest BCUT2D eigenvalue weighted by atomic mass is 9.95. The van der Waals surface area contributed by atoms with Gasteiger partial charge in [0.1, 0.15) is 18.4 Å². The van der Waals surface area contributed by atoms with Crippen LogP contribution in [0.3, 0.4) is 0 Å². The van der Waals surface area contributed by atoms with Gasteiger partial charge in [0.15, 0.2) is 5.82 Å². The molecule has 0 saturated heterocycles. The van der Waals surface area contributed by atoms with Crippen LogP contribution in [0.4, 0.5) is 11.6 Å². The number of nitrogens with two attached hydrogens (primary N) is 1. The Morgan fingerprint density at radius 2 is 1.81 bits per heavy atom. The number of amides is 1. The third-order valence-corrected chi connectivity index (χ3v) is 6.18. The molecule has 3 N–H and O–H groups in total. The maximum atomic E-state index is 12.6. The zero-order valence-electron chi connectivity index (χ0n) is 20.5. The van der Waals surface area contributed by atoms with Crippen molar-refractivity contribution in [1.29, 1.82) is 0 Å². The summed E-state index contributed by atoms with van der Waals surface area (Å²) in [6.45, 7) is 2.27. The molecule has 1 atom stereocenters. The van der Waals surface area contributed by atoms with E-state index in [2.05, 4.69) is 5.32 Å². The number of benzene rings is 3. The van der Waals surface area contributed by atoms with Gasteiger partial charge in [-0.25, -0.2) is 4.68 Å². The monoisotopic (exact) mass is 480 g/mol. The first-order valence-electron chi connectivity index (χ1n) is 11.7. The van der Waals surface area contributed by atoms with Gasteiger partial charge in [-0.3, -0.25) is 4.79 Å². The van der Waals surface area contributed by atoms with E-state index < -0.39 is 11.9 Å². The molecule has 0 radical (unpaired) electrons. The van der Waals surface area contributed by atoms with Crippen LogP contribution in [0.2, 0.25) is 0 Å². The van der Waals surface area contributed by atoms with Crippen molar-refractivity contribution in [1.82, 2.24) is 14.8 Å². The third-order valence-electron chi connectivity index (χ3n) is 6.18. The first kappa shape index (κ1) is 23.2. The summed E-state index contributed by atoms with van der Waals surface area (Å²) in [6.07, 6.45) is 0. The fourth-order valence-corrected chi connectivity index (χ4v) is 4.32. The molecule has 1 amide bonds. The first-order chi connectivity index (χ1) is 17.4. The van der Waals surface area contributed by atoms with Gasteiger partial charge in [0.25, 0.3) is 0 Å². The zero-order chi connectivity index (χ0) is 25.2. The maximum Gasteiger partial charge on any atom is 0.248 e. The van der Waals surface area contributed by atoms with Crippen LogP contribution in [0.15, 0.2) is 90.1 Å². The van der Waals surface area contributed by atoms with Crippen molar-refractivity contribution in [2.24, 2.45) is 5.73 Å². The highest BCUT2D eigenvalue weighted by atomic mass is 16.5. The van der Waals surface area contributed by atoms with Crippen LogP contribution in [-0.2, 0) is 11.4 Å². The lowest BCUT2D eigenvalue weighted by Gasteiger charge is -2.27. The van der Waals surface area contributed by atoms with Crippen molar-refractivity contribution >= 4 is 17.5 Å². The fourth-order valence-electron chi connectivity index (χ4n) is 4.32. The predicted octanol–water partition coefficient (Wildman–Crippen LogP) is 4.36. The Balaban J connectivity index is 1.51. The van der Waals surface area contributed by atoms with Crippen molar-refractivity contribution < 1.29 is 9.53 Å². The van der Waals surface area contributed by atoms with Gasteiger partial charge in [0.05, 0.1) is 5.57 Å². The van der Waals surface area contributed by atoms with Crippen molar-refractivity contribution in [2.45, 2.75) is 19.6 Å². The molecule has 0 fully saturated rings. The van der Waals surface area contributed by atoms with Crippen molar-refractivity contribution in [2.75, 3.05) is 24.3 Å². The first-order valence-corrected chi connectivity index (χ1v) is 11.7. The lowest BCUT2D eigenvalue weighted by molar-refractivity contribution is -0.115. The summed E-state index contributed by atoms with van der Waals surface area (Å²) in [6, 6.07) is 25.1. The molecular formula is C28H28N6O2. The van der Waals surface area contributed by atoms with Gasteiger partial charge in [0.2, 0.25) is 11.9 Å². The van der Waals surface area contributed by atoms with Gasteiger partial charge in [-0.15, -0.1) is 5.10 Å². The number of carbonyl (C=O) groups is 1. The Morgan fingerprint density at radius 3 is 2.50 bits per heavy atom. The molecule has 3 aromatic carbocycles. The molecule has 4 aromatic rings. The van der Waals surface area contributed by atoms with E-state index in [9.17, 15) is 4.79 Å². The number of carbonyl (C=O) groups excluding carboxylic acids is 1. The summed E-state index contributed by atoms with van der Waals surface area (Å²) in [5, 5.41) is 7.99. The van der Waals surface area contributed by atoms with E-state index in [0.29, 0.717) is 35.4 Å². The second-order valence-electron chi connectivity index (χ2n) is 8.92. The molecule has 8 nitrogen and oxygen atoms in total. The van der Waals surface area contributed by atoms with Gasteiger partial charge in [-0.05, 0) is 54.4 Å². The number of allylic oxidation sites excluding steroid dienone is 1. The van der Waals surface area contributed by atoms with Crippen LogP contribution in [0.25, 0.3) is 11.4 Å². The standard InChI is InChI=1S/C28H28N6O2/c1-18-24(26(29)35)25(21-10-7-11-23(16-21)36-17-19-8-5-4-6-9-19)34-28(30-18)31-27(32-34)20-12-14-22(15-13-20)33(2)3/h4-16,25H,17H2,1-3H3,(H2,29,35)(H,30,31,32). The van der Waals surface area contributed by atoms with E-state index in [-0.39, 0.29) is 0 Å². The van der Waals surface area contributed by atoms with E-state index >= 15 is 0 Å². The van der Waals surface area contributed by atoms with Crippen LogP contribution in [0, 0.1) is 0 Å². The quantitative estimate of drug-likeness (QED) is 0.408.